The van der Waals surface area contributed by atoms with E-state index in [0.717, 1.165) is 22.7 Å². The van der Waals surface area contributed by atoms with Crippen LogP contribution in [-0.4, -0.2) is 5.16 Å². The Morgan fingerprint density at radius 1 is 0.943 bits per heavy atom. The molecule has 176 valence electrons. The fraction of sp³-hybridized carbons (Fsp3) is 0.258. The van der Waals surface area contributed by atoms with Gasteiger partial charge in [0.25, 0.3) is 0 Å². The predicted octanol–water partition coefficient (Wildman–Crippen LogP) is 9.15. The van der Waals surface area contributed by atoms with E-state index < -0.39 is 0 Å². The molecule has 0 aliphatic heterocycles. The van der Waals surface area contributed by atoms with Crippen LogP contribution in [0.1, 0.15) is 55.3 Å². The first-order chi connectivity index (χ1) is 17.1. The zero-order valence-corrected chi connectivity index (χ0v) is 21.3. The van der Waals surface area contributed by atoms with Gasteiger partial charge in [-0.2, -0.15) is 0 Å². The average molecular weight is 479 g/mol. The molecule has 1 fully saturated rings. The molecule has 35 heavy (non-hydrogen) atoms. The number of benzene rings is 3. The summed E-state index contributed by atoms with van der Waals surface area (Å²) >= 11 is 1.83. The summed E-state index contributed by atoms with van der Waals surface area (Å²) in [6, 6.07) is 28.7. The van der Waals surface area contributed by atoms with E-state index >= 15 is 0 Å². The lowest BCUT2D eigenvalue weighted by molar-refractivity contribution is 0.427. The van der Waals surface area contributed by atoms with E-state index in [1.807, 2.05) is 18.3 Å². The number of hydrogen-bond donors (Lipinski definition) is 1. The van der Waals surface area contributed by atoms with Crippen molar-refractivity contribution in [2.24, 2.45) is 0 Å². The molecule has 2 aromatic heterocycles. The molecule has 0 amide bonds. The highest BCUT2D eigenvalue weighted by Gasteiger charge is 2.42. The summed E-state index contributed by atoms with van der Waals surface area (Å²) in [6.45, 7) is 6.49. The molecular weight excluding hydrogens is 448 g/mol. The van der Waals surface area contributed by atoms with Gasteiger partial charge in [-0.3, -0.25) is 0 Å². The minimum Gasteiger partial charge on any atom is -0.373 e. The van der Waals surface area contributed by atoms with Crippen molar-refractivity contribution < 1.29 is 4.52 Å². The van der Waals surface area contributed by atoms with Crippen LogP contribution in [0.25, 0.3) is 32.5 Å². The second-order valence-corrected chi connectivity index (χ2v) is 10.9. The lowest BCUT2D eigenvalue weighted by Crippen LogP contribution is -2.06. The van der Waals surface area contributed by atoms with Crippen LogP contribution in [0.4, 0.5) is 5.69 Å². The second-order valence-electron chi connectivity index (χ2n) is 9.81. The molecule has 1 N–H and O–H groups in total. The van der Waals surface area contributed by atoms with E-state index in [0.29, 0.717) is 5.41 Å². The minimum atomic E-state index is 0.153. The number of aryl methyl sites for hydroxylation is 1. The van der Waals surface area contributed by atoms with Crippen LogP contribution in [0, 0.1) is 6.92 Å². The maximum absolute atomic E-state index is 5.79. The molecule has 0 saturated heterocycles. The topological polar surface area (TPSA) is 38.1 Å². The van der Waals surface area contributed by atoms with E-state index in [-0.39, 0.29) is 6.04 Å². The highest BCUT2D eigenvalue weighted by Crippen LogP contribution is 2.51. The molecule has 1 aliphatic carbocycles. The van der Waals surface area contributed by atoms with E-state index in [1.165, 1.54) is 50.9 Å². The van der Waals surface area contributed by atoms with E-state index in [2.05, 4.69) is 103 Å². The maximum Gasteiger partial charge on any atom is 0.190 e. The first-order valence-corrected chi connectivity index (χ1v) is 13.3. The SMILES string of the molecule is CCC1(c2ccc(-c3ccc(-c4onc(C)c4NC(C)c4cc5ccccc5s4)cc3)cc2)CC1. The second kappa shape index (κ2) is 8.69. The third kappa shape index (κ3) is 4.06. The predicted molar refractivity (Wildman–Crippen MR) is 147 cm³/mol. The van der Waals surface area contributed by atoms with Gasteiger partial charge >= 0.3 is 0 Å². The van der Waals surface area contributed by atoms with Crippen LogP contribution in [0.15, 0.2) is 83.4 Å². The van der Waals surface area contributed by atoms with Gasteiger partial charge < -0.3 is 9.84 Å². The summed E-state index contributed by atoms with van der Waals surface area (Å²) < 4.78 is 7.10. The van der Waals surface area contributed by atoms with Crippen molar-refractivity contribution >= 4 is 27.1 Å². The van der Waals surface area contributed by atoms with E-state index in [1.54, 1.807) is 0 Å². The number of aromatic nitrogens is 1. The maximum atomic E-state index is 5.79. The third-order valence-electron chi connectivity index (χ3n) is 7.60. The fourth-order valence-corrected chi connectivity index (χ4v) is 6.13. The Hall–Kier alpha value is -3.37. The summed E-state index contributed by atoms with van der Waals surface area (Å²) in [5.74, 6) is 0.788. The third-order valence-corrected chi connectivity index (χ3v) is 8.90. The van der Waals surface area contributed by atoms with Gasteiger partial charge in [0, 0.05) is 15.1 Å². The van der Waals surface area contributed by atoms with Crippen molar-refractivity contribution in [3.05, 3.63) is 95.0 Å². The van der Waals surface area contributed by atoms with Gasteiger partial charge in [-0.05, 0) is 72.7 Å². The fourth-order valence-electron chi connectivity index (χ4n) is 5.07. The van der Waals surface area contributed by atoms with Crippen LogP contribution in [0.5, 0.6) is 0 Å². The van der Waals surface area contributed by atoms with Crippen LogP contribution < -0.4 is 5.32 Å². The molecule has 1 unspecified atom stereocenters. The number of nitrogens with zero attached hydrogens (tertiary/aromatic N) is 1. The van der Waals surface area contributed by atoms with Crippen molar-refractivity contribution in [2.75, 3.05) is 5.32 Å². The Morgan fingerprint density at radius 3 is 2.26 bits per heavy atom. The lowest BCUT2D eigenvalue weighted by Gasteiger charge is -2.14. The Labute approximate surface area is 210 Å². The molecule has 5 aromatic rings. The zero-order valence-electron chi connectivity index (χ0n) is 20.5. The summed E-state index contributed by atoms with van der Waals surface area (Å²) in [5, 5.41) is 9.23. The number of hydrogen-bond acceptors (Lipinski definition) is 4. The molecule has 3 aromatic carbocycles. The van der Waals surface area contributed by atoms with Gasteiger partial charge in [-0.25, -0.2) is 0 Å². The van der Waals surface area contributed by atoms with Gasteiger partial charge in [-0.15, -0.1) is 11.3 Å². The van der Waals surface area contributed by atoms with Crippen molar-refractivity contribution in [2.45, 2.75) is 51.5 Å². The van der Waals surface area contributed by atoms with Crippen LogP contribution in [0.3, 0.4) is 0 Å². The van der Waals surface area contributed by atoms with Crippen molar-refractivity contribution in [3.63, 3.8) is 0 Å². The van der Waals surface area contributed by atoms with Gasteiger partial charge in [-0.1, -0.05) is 78.8 Å². The molecule has 0 bridgehead atoms. The number of nitrogens with one attached hydrogen (secondary N) is 1. The first kappa shape index (κ1) is 22.1. The molecule has 0 spiro atoms. The number of thiophene rings is 1. The van der Waals surface area contributed by atoms with Crippen molar-refractivity contribution in [1.29, 1.82) is 0 Å². The largest absolute Gasteiger partial charge is 0.373 e. The molecule has 3 nitrogen and oxygen atoms in total. The highest BCUT2D eigenvalue weighted by molar-refractivity contribution is 7.19. The lowest BCUT2D eigenvalue weighted by atomic mass is 9.91. The molecule has 1 saturated carbocycles. The van der Waals surface area contributed by atoms with Gasteiger partial charge in [0.15, 0.2) is 5.76 Å². The van der Waals surface area contributed by atoms with Gasteiger partial charge in [0.2, 0.25) is 0 Å². The Kier molecular flexibility index (Phi) is 5.49. The molecule has 1 aliphatic rings. The molecule has 2 heterocycles. The summed E-state index contributed by atoms with van der Waals surface area (Å²) in [4.78, 5) is 1.30. The minimum absolute atomic E-state index is 0.153. The van der Waals surface area contributed by atoms with Crippen molar-refractivity contribution in [3.8, 4) is 22.5 Å². The van der Waals surface area contributed by atoms with Crippen LogP contribution in [0.2, 0.25) is 0 Å². The van der Waals surface area contributed by atoms with Crippen molar-refractivity contribution in [1.82, 2.24) is 5.16 Å². The normalized spacial score (nSPS) is 15.3. The molecular formula is C31H30N2OS. The molecule has 1 atom stereocenters. The summed E-state index contributed by atoms with van der Waals surface area (Å²) in [5.41, 5.74) is 7.26. The Bertz CT molecular complexity index is 1440. The first-order valence-electron chi connectivity index (χ1n) is 12.5. The van der Waals surface area contributed by atoms with Crippen LogP contribution >= 0.6 is 11.3 Å². The monoisotopic (exact) mass is 478 g/mol. The quantitative estimate of drug-likeness (QED) is 0.253. The molecule has 0 radical (unpaired) electrons. The number of anilines is 1. The van der Waals surface area contributed by atoms with E-state index in [9.17, 15) is 0 Å². The van der Waals surface area contributed by atoms with Gasteiger partial charge in [0.05, 0.1) is 6.04 Å². The smallest absolute Gasteiger partial charge is 0.190 e. The average Bonchev–Trinajstić information content (AvgIpc) is 3.45. The van der Waals surface area contributed by atoms with Crippen LogP contribution in [-0.2, 0) is 5.41 Å². The van der Waals surface area contributed by atoms with E-state index in [4.69, 9.17) is 4.52 Å². The Morgan fingerprint density at radius 2 is 1.60 bits per heavy atom. The Balaban J connectivity index is 1.23. The summed E-state index contributed by atoms with van der Waals surface area (Å²) in [6.07, 6.45) is 3.88. The number of fused-ring (bicyclic) bond motifs is 1. The summed E-state index contributed by atoms with van der Waals surface area (Å²) in [7, 11) is 0. The molecule has 6 rings (SSSR count). The van der Waals surface area contributed by atoms with Gasteiger partial charge in [0.1, 0.15) is 11.4 Å². The number of rotatable bonds is 7. The highest BCUT2D eigenvalue weighted by atomic mass is 32.1. The standard InChI is InChI=1S/C31H30N2OS/c1-4-31(17-18-31)26-15-13-23(14-16-26)22-9-11-24(12-10-22)30-29(21(3)33-34-30)32-20(2)28-19-25-7-5-6-8-27(25)35-28/h5-16,19-20,32H,4,17-18H2,1-3H3. The zero-order chi connectivity index (χ0) is 24.0. The molecule has 4 heteroatoms.